The molecule has 1 fully saturated rings. The van der Waals surface area contributed by atoms with Crippen LogP contribution in [0, 0.1) is 5.92 Å². The molecule has 1 saturated heterocycles. The van der Waals surface area contributed by atoms with Gasteiger partial charge in [-0.2, -0.15) is 5.10 Å². The van der Waals surface area contributed by atoms with Crippen molar-refractivity contribution in [2.75, 3.05) is 33.2 Å². The number of hydrogen-bond donors (Lipinski definition) is 0. The van der Waals surface area contributed by atoms with E-state index >= 15 is 0 Å². The lowest BCUT2D eigenvalue weighted by Crippen LogP contribution is -2.40. The lowest BCUT2D eigenvalue weighted by atomic mass is 9.96. The van der Waals surface area contributed by atoms with Crippen LogP contribution in [0.1, 0.15) is 30.4 Å². The Bertz CT molecular complexity index is 704. The lowest BCUT2D eigenvalue weighted by molar-refractivity contribution is -0.132. The van der Waals surface area contributed by atoms with Gasteiger partial charge in [-0.3, -0.25) is 9.48 Å². The molecule has 0 N–H and O–H groups in total. The topological polar surface area (TPSA) is 41.4 Å². The molecule has 1 aliphatic heterocycles. The minimum absolute atomic E-state index is 0.272. The summed E-state index contributed by atoms with van der Waals surface area (Å²) in [5, 5.41) is 4.20. The fourth-order valence-electron chi connectivity index (χ4n) is 3.79. The van der Waals surface area contributed by atoms with Gasteiger partial charge in [-0.15, -0.1) is 0 Å². The molecule has 1 aromatic heterocycles. The van der Waals surface area contributed by atoms with E-state index in [-0.39, 0.29) is 5.91 Å². The SMILES string of the molecule is CN1CCC(CN(CCc2ccccc2)C(=O)CCc2cnn(C)c2)CC1. The first-order chi connectivity index (χ1) is 13.1. The fraction of sp³-hybridized carbons (Fsp3) is 0.545. The van der Waals surface area contributed by atoms with E-state index in [1.807, 2.05) is 25.5 Å². The number of carbonyl (C=O) groups is 1. The van der Waals surface area contributed by atoms with Crippen LogP contribution in [0.4, 0.5) is 0 Å². The highest BCUT2D eigenvalue weighted by Gasteiger charge is 2.22. The number of aromatic nitrogens is 2. The standard InChI is InChI=1S/C22H32N4O/c1-24-13-10-20(11-14-24)18-26(15-12-19-6-4-3-5-7-19)22(27)9-8-21-16-23-25(2)17-21/h3-7,16-17,20H,8-15,18H2,1-2H3. The monoisotopic (exact) mass is 368 g/mol. The van der Waals surface area contributed by atoms with Crippen LogP contribution in [0.15, 0.2) is 42.7 Å². The van der Waals surface area contributed by atoms with E-state index in [0.717, 1.165) is 44.6 Å². The number of rotatable bonds is 8. The molecule has 1 aromatic carbocycles. The van der Waals surface area contributed by atoms with Crippen LogP contribution in [0.3, 0.4) is 0 Å². The number of amides is 1. The Labute approximate surface area is 163 Å². The first kappa shape index (κ1) is 19.6. The maximum absolute atomic E-state index is 13.0. The summed E-state index contributed by atoms with van der Waals surface area (Å²) in [4.78, 5) is 17.5. The predicted molar refractivity (Wildman–Crippen MR) is 108 cm³/mol. The van der Waals surface area contributed by atoms with Gasteiger partial charge in [0.15, 0.2) is 0 Å². The molecule has 2 heterocycles. The van der Waals surface area contributed by atoms with E-state index in [1.165, 1.54) is 18.4 Å². The Morgan fingerprint density at radius 2 is 1.85 bits per heavy atom. The van der Waals surface area contributed by atoms with Crippen LogP contribution in [0.25, 0.3) is 0 Å². The molecule has 5 heteroatoms. The summed E-state index contributed by atoms with van der Waals surface area (Å²) in [6, 6.07) is 10.5. The van der Waals surface area contributed by atoms with Crippen molar-refractivity contribution in [3.05, 3.63) is 53.9 Å². The van der Waals surface area contributed by atoms with Crippen LogP contribution in [-0.2, 0) is 24.7 Å². The number of piperidine rings is 1. The maximum atomic E-state index is 13.0. The van der Waals surface area contributed by atoms with Crippen LogP contribution in [0.2, 0.25) is 0 Å². The average molecular weight is 369 g/mol. The summed E-state index contributed by atoms with van der Waals surface area (Å²) < 4.78 is 1.80. The number of hydrogen-bond acceptors (Lipinski definition) is 3. The van der Waals surface area contributed by atoms with E-state index in [0.29, 0.717) is 12.3 Å². The van der Waals surface area contributed by atoms with Gasteiger partial charge in [0.25, 0.3) is 0 Å². The van der Waals surface area contributed by atoms with Crippen molar-refractivity contribution in [2.24, 2.45) is 13.0 Å². The Balaban J connectivity index is 1.57. The summed E-state index contributed by atoms with van der Waals surface area (Å²) in [7, 11) is 4.10. The normalized spacial score (nSPS) is 15.8. The Morgan fingerprint density at radius 3 is 2.52 bits per heavy atom. The van der Waals surface area contributed by atoms with Crippen LogP contribution in [-0.4, -0.2) is 58.7 Å². The van der Waals surface area contributed by atoms with E-state index in [9.17, 15) is 4.79 Å². The van der Waals surface area contributed by atoms with Crippen molar-refractivity contribution < 1.29 is 4.79 Å². The first-order valence-corrected chi connectivity index (χ1v) is 10.1. The third kappa shape index (κ3) is 6.21. The van der Waals surface area contributed by atoms with Gasteiger partial charge in [-0.1, -0.05) is 30.3 Å². The third-order valence-corrected chi connectivity index (χ3v) is 5.57. The first-order valence-electron chi connectivity index (χ1n) is 10.1. The smallest absolute Gasteiger partial charge is 0.222 e. The molecule has 0 spiro atoms. The van der Waals surface area contributed by atoms with Crippen molar-refractivity contribution >= 4 is 5.91 Å². The average Bonchev–Trinajstić information content (AvgIpc) is 3.11. The zero-order valence-corrected chi connectivity index (χ0v) is 16.7. The molecule has 0 bridgehead atoms. The van der Waals surface area contributed by atoms with Gasteiger partial charge >= 0.3 is 0 Å². The zero-order chi connectivity index (χ0) is 19.1. The second-order valence-corrected chi connectivity index (χ2v) is 7.84. The molecule has 27 heavy (non-hydrogen) atoms. The molecular weight excluding hydrogens is 336 g/mol. The fourth-order valence-corrected chi connectivity index (χ4v) is 3.79. The Hall–Kier alpha value is -2.14. The van der Waals surface area contributed by atoms with Gasteiger partial charge in [-0.25, -0.2) is 0 Å². The summed E-state index contributed by atoms with van der Waals surface area (Å²) in [5.74, 6) is 0.896. The van der Waals surface area contributed by atoms with Gasteiger partial charge in [-0.05, 0) is 62.9 Å². The number of nitrogens with zero attached hydrogens (tertiary/aromatic N) is 4. The molecule has 5 nitrogen and oxygen atoms in total. The quantitative estimate of drug-likeness (QED) is 0.719. The summed E-state index contributed by atoms with van der Waals surface area (Å²) in [5.41, 5.74) is 2.43. The van der Waals surface area contributed by atoms with Crippen molar-refractivity contribution in [3.63, 3.8) is 0 Å². The molecule has 1 aliphatic rings. The van der Waals surface area contributed by atoms with Gasteiger partial charge in [0.1, 0.15) is 0 Å². The molecule has 0 atom stereocenters. The summed E-state index contributed by atoms with van der Waals surface area (Å²) in [6.45, 7) is 3.98. The zero-order valence-electron chi connectivity index (χ0n) is 16.7. The molecule has 1 amide bonds. The molecule has 0 saturated carbocycles. The van der Waals surface area contributed by atoms with Gasteiger partial charge in [0.2, 0.25) is 5.91 Å². The highest BCUT2D eigenvalue weighted by atomic mass is 16.2. The van der Waals surface area contributed by atoms with Crippen LogP contribution in [0.5, 0.6) is 0 Å². The van der Waals surface area contributed by atoms with E-state index in [2.05, 4.69) is 46.2 Å². The minimum Gasteiger partial charge on any atom is -0.342 e. The van der Waals surface area contributed by atoms with Crippen LogP contribution < -0.4 is 0 Å². The highest BCUT2D eigenvalue weighted by molar-refractivity contribution is 5.76. The second kappa shape index (κ2) is 9.70. The number of carbonyl (C=O) groups excluding carboxylic acids is 1. The van der Waals surface area contributed by atoms with E-state index < -0.39 is 0 Å². The molecular formula is C22H32N4O. The lowest BCUT2D eigenvalue weighted by Gasteiger charge is -2.33. The van der Waals surface area contributed by atoms with E-state index in [1.54, 1.807) is 4.68 Å². The second-order valence-electron chi connectivity index (χ2n) is 7.84. The predicted octanol–water partition coefficient (Wildman–Crippen LogP) is 2.77. The third-order valence-electron chi connectivity index (χ3n) is 5.57. The Morgan fingerprint density at radius 1 is 1.11 bits per heavy atom. The maximum Gasteiger partial charge on any atom is 0.222 e. The van der Waals surface area contributed by atoms with Gasteiger partial charge in [0.05, 0.1) is 6.20 Å². The molecule has 2 aromatic rings. The minimum atomic E-state index is 0.272. The number of benzene rings is 1. The van der Waals surface area contributed by atoms with Gasteiger partial charge < -0.3 is 9.80 Å². The molecule has 0 aliphatic carbocycles. The van der Waals surface area contributed by atoms with Crippen molar-refractivity contribution in [1.82, 2.24) is 19.6 Å². The van der Waals surface area contributed by atoms with Crippen molar-refractivity contribution in [1.29, 1.82) is 0 Å². The number of likely N-dealkylation sites (tertiary alicyclic amines) is 1. The van der Waals surface area contributed by atoms with Gasteiger partial charge in [0, 0.05) is 32.8 Å². The largest absolute Gasteiger partial charge is 0.342 e. The van der Waals surface area contributed by atoms with Crippen molar-refractivity contribution in [2.45, 2.75) is 32.1 Å². The van der Waals surface area contributed by atoms with Crippen molar-refractivity contribution in [3.8, 4) is 0 Å². The Kier molecular flexibility index (Phi) is 7.04. The highest BCUT2D eigenvalue weighted by Crippen LogP contribution is 2.18. The molecule has 3 rings (SSSR count). The summed E-state index contributed by atoms with van der Waals surface area (Å²) >= 11 is 0. The van der Waals surface area contributed by atoms with E-state index in [4.69, 9.17) is 0 Å². The summed E-state index contributed by atoms with van der Waals surface area (Å²) in [6.07, 6.45) is 8.49. The number of aryl methyl sites for hydroxylation is 2. The molecule has 146 valence electrons. The molecule has 0 unspecified atom stereocenters. The molecule has 0 radical (unpaired) electrons. The van der Waals surface area contributed by atoms with Crippen LogP contribution >= 0.6 is 0 Å².